The minimum absolute atomic E-state index is 0.0289. The van der Waals surface area contributed by atoms with E-state index in [2.05, 4.69) is 38.2 Å². The second-order valence-electron chi connectivity index (χ2n) is 10.2. The van der Waals surface area contributed by atoms with E-state index in [-0.39, 0.29) is 18.4 Å². The molecule has 1 aliphatic carbocycles. The lowest BCUT2D eigenvalue weighted by Gasteiger charge is -2.44. The average Bonchev–Trinajstić information content (AvgIpc) is 2.72. The predicted molar refractivity (Wildman–Crippen MR) is 123 cm³/mol. The first kappa shape index (κ1) is 24.8. The Kier molecular flexibility index (Phi) is 7.71. The summed E-state index contributed by atoms with van der Waals surface area (Å²) >= 11 is 0. The molecule has 0 aliphatic heterocycles. The Labute approximate surface area is 189 Å². The molecule has 0 spiro atoms. The molecule has 4 nitrogen and oxygen atoms in total. The number of halogens is 2. The summed E-state index contributed by atoms with van der Waals surface area (Å²) in [4.78, 5) is 0. The van der Waals surface area contributed by atoms with Crippen molar-refractivity contribution in [3.05, 3.63) is 70.8 Å². The van der Waals surface area contributed by atoms with Crippen molar-refractivity contribution in [2.24, 2.45) is 5.73 Å². The van der Waals surface area contributed by atoms with Crippen LogP contribution in [0.2, 0.25) is 0 Å². The highest BCUT2D eigenvalue weighted by Crippen LogP contribution is 2.39. The fraction of sp³-hybridized carbons (Fsp3) is 0.538. The molecule has 0 radical (unpaired) electrons. The van der Waals surface area contributed by atoms with Crippen LogP contribution in [0.1, 0.15) is 63.1 Å². The first-order chi connectivity index (χ1) is 15.0. The average molecular weight is 447 g/mol. The molecule has 2 aromatic carbocycles. The minimum atomic E-state index is -0.946. The molecular formula is C26H36F2N2O2. The monoisotopic (exact) mass is 446 g/mol. The van der Waals surface area contributed by atoms with E-state index in [1.54, 1.807) is 0 Å². The molecular weight excluding hydrogens is 410 g/mol. The van der Waals surface area contributed by atoms with Crippen molar-refractivity contribution in [3.8, 4) is 0 Å². The SMILES string of the molecule is CC(C)(C)c1cccc(C2(NCC(O)C(N)Cc3cc(F)cc(F)c3)CCCCC2O)c1. The normalized spacial score (nSPS) is 23.7. The van der Waals surface area contributed by atoms with Crippen LogP contribution in [0.5, 0.6) is 0 Å². The number of aliphatic hydroxyl groups is 2. The molecule has 3 rings (SSSR count). The molecule has 176 valence electrons. The maximum Gasteiger partial charge on any atom is 0.126 e. The van der Waals surface area contributed by atoms with Crippen LogP contribution in [-0.4, -0.2) is 35.0 Å². The van der Waals surface area contributed by atoms with Crippen molar-refractivity contribution in [3.63, 3.8) is 0 Å². The third kappa shape index (κ3) is 5.73. The lowest BCUT2D eigenvalue weighted by atomic mass is 9.72. The third-order valence-electron chi connectivity index (χ3n) is 6.63. The number of benzene rings is 2. The second-order valence-corrected chi connectivity index (χ2v) is 10.2. The zero-order valence-corrected chi connectivity index (χ0v) is 19.2. The van der Waals surface area contributed by atoms with Gasteiger partial charge in [0, 0.05) is 18.7 Å². The lowest BCUT2D eigenvalue weighted by molar-refractivity contribution is 0.0101. The maximum absolute atomic E-state index is 13.5. The van der Waals surface area contributed by atoms with Crippen molar-refractivity contribution in [2.45, 2.75) is 82.1 Å². The summed E-state index contributed by atoms with van der Waals surface area (Å²) in [6.07, 6.45) is 1.96. The minimum Gasteiger partial charge on any atom is -0.391 e. The smallest absolute Gasteiger partial charge is 0.126 e. The van der Waals surface area contributed by atoms with Gasteiger partial charge in [0.15, 0.2) is 0 Å². The molecule has 0 amide bonds. The Morgan fingerprint density at radius 1 is 1.12 bits per heavy atom. The molecule has 0 aromatic heterocycles. The lowest BCUT2D eigenvalue weighted by Crippen LogP contribution is -2.57. The number of aliphatic hydroxyl groups excluding tert-OH is 2. The number of hydrogen-bond acceptors (Lipinski definition) is 4. The van der Waals surface area contributed by atoms with Crippen LogP contribution in [0.25, 0.3) is 0 Å². The summed E-state index contributed by atoms with van der Waals surface area (Å²) in [6.45, 7) is 6.63. The van der Waals surface area contributed by atoms with E-state index in [0.717, 1.165) is 30.9 Å². The number of nitrogens with two attached hydrogens (primary N) is 1. The molecule has 4 unspecified atom stereocenters. The molecule has 2 aromatic rings. The summed E-state index contributed by atoms with van der Waals surface area (Å²) in [5, 5.41) is 25.2. The van der Waals surface area contributed by atoms with Crippen LogP contribution in [0.3, 0.4) is 0 Å². The topological polar surface area (TPSA) is 78.5 Å². The van der Waals surface area contributed by atoms with Crippen LogP contribution in [0, 0.1) is 11.6 Å². The van der Waals surface area contributed by atoms with Crippen molar-refractivity contribution >= 4 is 0 Å². The highest BCUT2D eigenvalue weighted by Gasteiger charge is 2.42. The highest BCUT2D eigenvalue weighted by molar-refractivity contribution is 5.35. The van der Waals surface area contributed by atoms with Crippen LogP contribution in [0.15, 0.2) is 42.5 Å². The van der Waals surface area contributed by atoms with Crippen molar-refractivity contribution in [2.75, 3.05) is 6.54 Å². The molecule has 6 heteroatoms. The molecule has 0 heterocycles. The van der Waals surface area contributed by atoms with E-state index < -0.39 is 35.4 Å². The van der Waals surface area contributed by atoms with Gasteiger partial charge in [-0.05, 0) is 53.5 Å². The zero-order chi connectivity index (χ0) is 23.5. The van der Waals surface area contributed by atoms with Gasteiger partial charge in [0.2, 0.25) is 0 Å². The molecule has 0 saturated heterocycles. The molecule has 4 atom stereocenters. The first-order valence-corrected chi connectivity index (χ1v) is 11.4. The van der Waals surface area contributed by atoms with E-state index in [4.69, 9.17) is 5.73 Å². The summed E-state index contributed by atoms with van der Waals surface area (Å²) in [5.74, 6) is -1.33. The van der Waals surface area contributed by atoms with Gasteiger partial charge >= 0.3 is 0 Å². The quantitative estimate of drug-likeness (QED) is 0.520. The summed E-state index contributed by atoms with van der Waals surface area (Å²) < 4.78 is 27.0. The summed E-state index contributed by atoms with van der Waals surface area (Å²) in [6, 6.07) is 10.8. The highest BCUT2D eigenvalue weighted by atomic mass is 19.1. The number of rotatable bonds is 7. The van der Waals surface area contributed by atoms with Gasteiger partial charge in [-0.1, -0.05) is 57.9 Å². The molecule has 32 heavy (non-hydrogen) atoms. The second kappa shape index (κ2) is 9.96. The van der Waals surface area contributed by atoms with Crippen LogP contribution in [0.4, 0.5) is 8.78 Å². The van der Waals surface area contributed by atoms with Crippen LogP contribution >= 0.6 is 0 Å². The van der Waals surface area contributed by atoms with Gasteiger partial charge in [-0.3, -0.25) is 0 Å². The largest absolute Gasteiger partial charge is 0.391 e. The summed E-state index contributed by atoms with van der Waals surface area (Å²) in [7, 11) is 0. The summed E-state index contributed by atoms with van der Waals surface area (Å²) in [5.41, 5.74) is 8.05. The zero-order valence-electron chi connectivity index (χ0n) is 19.2. The first-order valence-electron chi connectivity index (χ1n) is 11.4. The molecule has 5 N–H and O–H groups in total. The van der Waals surface area contributed by atoms with Gasteiger partial charge in [0.25, 0.3) is 0 Å². The van der Waals surface area contributed by atoms with Gasteiger partial charge in [0.05, 0.1) is 17.7 Å². The Morgan fingerprint density at radius 2 is 1.81 bits per heavy atom. The van der Waals surface area contributed by atoms with Gasteiger partial charge in [0.1, 0.15) is 11.6 Å². The van der Waals surface area contributed by atoms with Gasteiger partial charge < -0.3 is 21.3 Å². The van der Waals surface area contributed by atoms with E-state index in [9.17, 15) is 19.0 Å². The van der Waals surface area contributed by atoms with E-state index in [0.29, 0.717) is 12.0 Å². The molecule has 1 saturated carbocycles. The van der Waals surface area contributed by atoms with Crippen molar-refractivity contribution in [1.29, 1.82) is 0 Å². The number of hydrogen-bond donors (Lipinski definition) is 4. The van der Waals surface area contributed by atoms with Gasteiger partial charge in [-0.2, -0.15) is 0 Å². The maximum atomic E-state index is 13.5. The Bertz CT molecular complexity index is 895. The van der Waals surface area contributed by atoms with Gasteiger partial charge in [-0.15, -0.1) is 0 Å². The predicted octanol–water partition coefficient (Wildman–Crippen LogP) is 3.91. The van der Waals surface area contributed by atoms with Gasteiger partial charge in [-0.25, -0.2) is 8.78 Å². The van der Waals surface area contributed by atoms with Crippen LogP contribution in [-0.2, 0) is 17.4 Å². The van der Waals surface area contributed by atoms with Crippen molar-refractivity contribution < 1.29 is 19.0 Å². The fourth-order valence-corrected chi connectivity index (χ4v) is 4.64. The van der Waals surface area contributed by atoms with E-state index >= 15 is 0 Å². The van der Waals surface area contributed by atoms with Crippen molar-refractivity contribution in [1.82, 2.24) is 5.32 Å². The fourth-order valence-electron chi connectivity index (χ4n) is 4.64. The Balaban J connectivity index is 1.78. The Morgan fingerprint density at radius 3 is 2.44 bits per heavy atom. The van der Waals surface area contributed by atoms with Crippen LogP contribution < -0.4 is 11.1 Å². The number of nitrogens with one attached hydrogen (secondary N) is 1. The molecule has 0 bridgehead atoms. The molecule has 1 aliphatic rings. The van der Waals surface area contributed by atoms with E-state index in [1.165, 1.54) is 17.7 Å². The molecule has 1 fully saturated rings. The Hall–Kier alpha value is -1.86. The third-order valence-corrected chi connectivity index (χ3v) is 6.63. The van der Waals surface area contributed by atoms with E-state index in [1.807, 2.05) is 12.1 Å². The standard InChI is InChI=1S/C26H36F2N2O2/c1-25(2,3)18-7-6-8-19(14-18)26(10-5-4-9-24(26)32)30-16-23(31)22(29)13-17-11-20(27)15-21(28)12-17/h6-8,11-12,14-15,22-24,30-32H,4-5,9-10,13,16,29H2,1-3H3.